The Morgan fingerprint density at radius 1 is 0.833 bits per heavy atom. The Labute approximate surface area is 181 Å². The van der Waals surface area contributed by atoms with Crippen LogP contribution in [0.1, 0.15) is 44.9 Å². The van der Waals surface area contributed by atoms with Crippen LogP contribution in [0.4, 0.5) is 11.5 Å². The van der Waals surface area contributed by atoms with Gasteiger partial charge in [0.1, 0.15) is 0 Å². The first-order valence-corrected chi connectivity index (χ1v) is 11.7. The third kappa shape index (κ3) is 3.92. The van der Waals surface area contributed by atoms with Crippen molar-refractivity contribution in [3.63, 3.8) is 0 Å². The molecule has 1 aromatic heterocycles. The van der Waals surface area contributed by atoms with Gasteiger partial charge in [-0.05, 0) is 81.3 Å². The van der Waals surface area contributed by atoms with Gasteiger partial charge < -0.3 is 14.7 Å². The van der Waals surface area contributed by atoms with Gasteiger partial charge in [0, 0.05) is 44.5 Å². The van der Waals surface area contributed by atoms with E-state index in [4.69, 9.17) is 0 Å². The summed E-state index contributed by atoms with van der Waals surface area (Å²) in [6, 6.07) is 13.7. The van der Waals surface area contributed by atoms with Crippen LogP contribution >= 0.6 is 0 Å². The van der Waals surface area contributed by atoms with Crippen molar-refractivity contribution in [1.82, 2.24) is 15.1 Å². The summed E-state index contributed by atoms with van der Waals surface area (Å²) in [7, 11) is 4.12. The summed E-state index contributed by atoms with van der Waals surface area (Å²) in [5.74, 6) is 1.03. The second-order valence-electron chi connectivity index (χ2n) is 9.83. The van der Waals surface area contributed by atoms with Crippen molar-refractivity contribution >= 4 is 11.5 Å². The molecule has 0 atom stereocenters. The van der Waals surface area contributed by atoms with Gasteiger partial charge in [-0.2, -0.15) is 0 Å². The molecule has 2 saturated heterocycles. The molecule has 1 spiro atoms. The molecule has 2 aromatic rings. The van der Waals surface area contributed by atoms with E-state index >= 15 is 0 Å². The van der Waals surface area contributed by atoms with Gasteiger partial charge in [-0.15, -0.1) is 10.2 Å². The van der Waals surface area contributed by atoms with Gasteiger partial charge >= 0.3 is 0 Å². The molecular weight excluding hydrogens is 370 g/mol. The van der Waals surface area contributed by atoms with Gasteiger partial charge in [0.2, 0.25) is 0 Å². The van der Waals surface area contributed by atoms with Crippen molar-refractivity contribution < 1.29 is 0 Å². The maximum Gasteiger partial charge on any atom is 0.151 e. The van der Waals surface area contributed by atoms with Crippen LogP contribution in [-0.4, -0.2) is 61.4 Å². The van der Waals surface area contributed by atoms with Crippen molar-refractivity contribution in [2.24, 2.45) is 5.41 Å². The summed E-state index contributed by atoms with van der Waals surface area (Å²) in [5, 5.41) is 9.12. The quantitative estimate of drug-likeness (QED) is 0.751. The number of anilines is 2. The molecule has 0 amide bonds. The van der Waals surface area contributed by atoms with Crippen molar-refractivity contribution in [3.05, 3.63) is 36.4 Å². The number of likely N-dealkylation sites (tertiary alicyclic amines) is 1. The highest BCUT2D eigenvalue weighted by atomic mass is 15.3. The normalized spacial score (nSPS) is 22.1. The van der Waals surface area contributed by atoms with E-state index in [0.29, 0.717) is 5.41 Å². The largest absolute Gasteiger partial charge is 0.378 e. The molecule has 30 heavy (non-hydrogen) atoms. The first-order valence-electron chi connectivity index (χ1n) is 11.7. The molecule has 1 aliphatic carbocycles. The molecule has 1 saturated carbocycles. The minimum atomic E-state index is 0.582. The highest BCUT2D eigenvalue weighted by molar-refractivity contribution is 5.63. The standard InChI is InChI=1S/C25H35N5/c1-28(2)21-8-6-20(7-9-21)23-10-11-24(27-26-23)30-18-14-25(15-19-30)12-16-29(17-13-25)22-4-3-5-22/h6-11,22H,3-5,12-19H2,1-2H3. The maximum atomic E-state index is 4.58. The van der Waals surface area contributed by atoms with Crippen LogP contribution in [0.3, 0.4) is 0 Å². The second kappa shape index (κ2) is 8.18. The number of piperidine rings is 2. The molecule has 5 rings (SSSR count). The van der Waals surface area contributed by atoms with E-state index in [2.05, 4.69) is 75.4 Å². The van der Waals surface area contributed by atoms with Gasteiger partial charge in [0.25, 0.3) is 0 Å². The summed E-state index contributed by atoms with van der Waals surface area (Å²) >= 11 is 0. The molecular formula is C25H35N5. The highest BCUT2D eigenvalue weighted by Crippen LogP contribution is 2.43. The van der Waals surface area contributed by atoms with Crippen LogP contribution in [0.15, 0.2) is 36.4 Å². The van der Waals surface area contributed by atoms with Crippen molar-refractivity contribution in [3.8, 4) is 11.3 Å². The Balaban J connectivity index is 1.17. The summed E-state index contributed by atoms with van der Waals surface area (Å²) < 4.78 is 0. The first kappa shape index (κ1) is 19.8. The molecule has 3 fully saturated rings. The molecule has 0 N–H and O–H groups in total. The SMILES string of the molecule is CN(C)c1ccc(-c2ccc(N3CCC4(CC3)CCN(C3CCC3)CC4)nn2)cc1. The van der Waals surface area contributed by atoms with Crippen molar-refractivity contribution in [1.29, 1.82) is 0 Å². The summed E-state index contributed by atoms with van der Waals surface area (Å²) in [5.41, 5.74) is 3.85. The lowest BCUT2D eigenvalue weighted by Crippen LogP contribution is -2.51. The Hall–Kier alpha value is -2.14. The van der Waals surface area contributed by atoms with E-state index in [1.54, 1.807) is 0 Å². The Morgan fingerprint density at radius 2 is 1.50 bits per heavy atom. The van der Waals surface area contributed by atoms with Crippen LogP contribution in [0.2, 0.25) is 0 Å². The lowest BCUT2D eigenvalue weighted by Gasteiger charge is -2.50. The second-order valence-corrected chi connectivity index (χ2v) is 9.83. The summed E-state index contributed by atoms with van der Waals surface area (Å²) in [6.07, 6.45) is 9.73. The van der Waals surface area contributed by atoms with E-state index in [1.165, 1.54) is 63.7 Å². The van der Waals surface area contributed by atoms with E-state index in [0.717, 1.165) is 36.2 Å². The van der Waals surface area contributed by atoms with Gasteiger partial charge in [-0.25, -0.2) is 0 Å². The number of nitrogens with zero attached hydrogens (tertiary/aromatic N) is 5. The van der Waals surface area contributed by atoms with Crippen molar-refractivity contribution in [2.75, 3.05) is 50.1 Å². The topological polar surface area (TPSA) is 35.5 Å². The van der Waals surface area contributed by atoms with Crippen LogP contribution in [0.25, 0.3) is 11.3 Å². The Morgan fingerprint density at radius 3 is 2.03 bits per heavy atom. The van der Waals surface area contributed by atoms with Crippen LogP contribution in [-0.2, 0) is 0 Å². The van der Waals surface area contributed by atoms with Gasteiger partial charge in [-0.1, -0.05) is 18.6 Å². The van der Waals surface area contributed by atoms with Gasteiger partial charge in [0.05, 0.1) is 5.69 Å². The number of benzene rings is 1. The highest BCUT2D eigenvalue weighted by Gasteiger charge is 2.39. The zero-order chi connectivity index (χ0) is 20.6. The zero-order valence-corrected chi connectivity index (χ0v) is 18.6. The third-order valence-corrected chi connectivity index (χ3v) is 7.93. The van der Waals surface area contributed by atoms with E-state index in [-0.39, 0.29) is 0 Å². The predicted octanol–water partition coefficient (Wildman–Crippen LogP) is 4.44. The molecule has 1 aromatic carbocycles. The van der Waals surface area contributed by atoms with E-state index < -0.39 is 0 Å². The first-order chi connectivity index (χ1) is 14.6. The molecule has 3 heterocycles. The number of hydrogen-bond acceptors (Lipinski definition) is 5. The molecule has 5 heteroatoms. The molecule has 0 bridgehead atoms. The van der Waals surface area contributed by atoms with Crippen molar-refractivity contribution in [2.45, 2.75) is 51.0 Å². The number of hydrogen-bond donors (Lipinski definition) is 0. The predicted molar refractivity (Wildman–Crippen MR) is 124 cm³/mol. The fraction of sp³-hybridized carbons (Fsp3) is 0.600. The van der Waals surface area contributed by atoms with Gasteiger partial charge in [0.15, 0.2) is 5.82 Å². The molecule has 3 aliphatic rings. The number of aromatic nitrogens is 2. The average Bonchev–Trinajstić information content (AvgIpc) is 2.75. The Bertz CT molecular complexity index is 823. The smallest absolute Gasteiger partial charge is 0.151 e. The fourth-order valence-corrected chi connectivity index (χ4v) is 5.40. The van der Waals surface area contributed by atoms with E-state index in [1.807, 2.05) is 0 Å². The lowest BCUT2D eigenvalue weighted by atomic mass is 9.70. The monoisotopic (exact) mass is 405 g/mol. The van der Waals surface area contributed by atoms with Crippen LogP contribution < -0.4 is 9.80 Å². The molecule has 0 radical (unpaired) electrons. The number of rotatable bonds is 4. The Kier molecular flexibility index (Phi) is 5.40. The molecule has 2 aliphatic heterocycles. The molecule has 0 unspecified atom stereocenters. The zero-order valence-electron chi connectivity index (χ0n) is 18.6. The van der Waals surface area contributed by atoms with Crippen LogP contribution in [0, 0.1) is 5.41 Å². The van der Waals surface area contributed by atoms with E-state index in [9.17, 15) is 0 Å². The summed E-state index contributed by atoms with van der Waals surface area (Å²) in [4.78, 5) is 7.32. The molecule has 5 nitrogen and oxygen atoms in total. The molecule has 160 valence electrons. The minimum Gasteiger partial charge on any atom is -0.378 e. The van der Waals surface area contributed by atoms with Gasteiger partial charge in [-0.3, -0.25) is 0 Å². The third-order valence-electron chi connectivity index (χ3n) is 7.93. The minimum absolute atomic E-state index is 0.582. The average molecular weight is 406 g/mol. The fourth-order valence-electron chi connectivity index (χ4n) is 5.40. The lowest BCUT2D eigenvalue weighted by molar-refractivity contribution is 0.0305. The van der Waals surface area contributed by atoms with Crippen LogP contribution in [0.5, 0.6) is 0 Å². The summed E-state index contributed by atoms with van der Waals surface area (Å²) in [6.45, 7) is 4.89. The maximum absolute atomic E-state index is 4.58.